The van der Waals surface area contributed by atoms with Crippen LogP contribution in [-0.2, 0) is 0 Å². The molecule has 0 aromatic carbocycles. The Morgan fingerprint density at radius 2 is 1.71 bits per heavy atom. The maximum atomic E-state index is 5.82. The molecule has 0 radical (unpaired) electrons. The van der Waals surface area contributed by atoms with Crippen molar-refractivity contribution in [3.05, 3.63) is 0 Å². The average molecular weight is 197 g/mol. The molecule has 1 saturated carbocycles. The second kappa shape index (κ2) is 4.17. The summed E-state index contributed by atoms with van der Waals surface area (Å²) in [5.74, 6) is 0. The Balaban J connectivity index is 1.77. The molecule has 2 fully saturated rings. The maximum absolute atomic E-state index is 5.82. The van der Waals surface area contributed by atoms with Crippen LogP contribution in [0.4, 0.5) is 0 Å². The minimum atomic E-state index is 0.480. The van der Waals surface area contributed by atoms with E-state index in [4.69, 9.17) is 5.73 Å². The van der Waals surface area contributed by atoms with Crippen molar-refractivity contribution in [3.63, 3.8) is 0 Å². The van der Waals surface area contributed by atoms with E-state index in [1.165, 1.54) is 38.8 Å². The highest BCUT2D eigenvalue weighted by atomic mass is 15.2. The Morgan fingerprint density at radius 1 is 1.14 bits per heavy atom. The number of piperidine rings is 1. The lowest BCUT2D eigenvalue weighted by molar-refractivity contribution is 0.0603. The Bertz CT molecular complexity index is 181. The summed E-state index contributed by atoms with van der Waals surface area (Å²) in [5.41, 5.74) is 5.82. The van der Waals surface area contributed by atoms with E-state index in [-0.39, 0.29) is 0 Å². The first-order valence-electron chi connectivity index (χ1n) is 5.83. The fourth-order valence-electron chi connectivity index (χ4n) is 2.66. The minimum absolute atomic E-state index is 0.480. The zero-order chi connectivity index (χ0) is 10.1. The molecule has 3 nitrogen and oxygen atoms in total. The number of nitrogens with two attached hydrogens (primary N) is 1. The average Bonchev–Trinajstić information content (AvgIpc) is 2.13. The van der Waals surface area contributed by atoms with Gasteiger partial charge in [0.1, 0.15) is 0 Å². The number of hydrogen-bond donors (Lipinski definition) is 1. The molecule has 1 heterocycles. The van der Waals surface area contributed by atoms with Gasteiger partial charge >= 0.3 is 0 Å². The van der Waals surface area contributed by atoms with Gasteiger partial charge in [-0.15, -0.1) is 0 Å². The van der Waals surface area contributed by atoms with Gasteiger partial charge in [-0.1, -0.05) is 0 Å². The third-order valence-electron chi connectivity index (χ3n) is 3.99. The van der Waals surface area contributed by atoms with Crippen molar-refractivity contribution in [2.75, 3.05) is 27.2 Å². The quantitative estimate of drug-likeness (QED) is 0.700. The first-order valence-corrected chi connectivity index (χ1v) is 5.83. The van der Waals surface area contributed by atoms with Crippen LogP contribution in [-0.4, -0.2) is 55.1 Å². The van der Waals surface area contributed by atoms with E-state index in [1.807, 2.05) is 0 Å². The fourth-order valence-corrected chi connectivity index (χ4v) is 2.66. The normalized spacial score (nSPS) is 36.0. The molecule has 2 rings (SSSR count). The zero-order valence-electron chi connectivity index (χ0n) is 9.45. The molecular formula is C11H23N3. The molecule has 0 unspecified atom stereocenters. The predicted octanol–water partition coefficient (Wildman–Crippen LogP) is 0.502. The molecule has 1 saturated heterocycles. The van der Waals surface area contributed by atoms with Crippen molar-refractivity contribution >= 4 is 0 Å². The molecule has 2 aliphatic rings. The third kappa shape index (κ3) is 2.10. The number of rotatable bonds is 2. The summed E-state index contributed by atoms with van der Waals surface area (Å²) < 4.78 is 0. The van der Waals surface area contributed by atoms with Gasteiger partial charge in [0.25, 0.3) is 0 Å². The summed E-state index contributed by atoms with van der Waals surface area (Å²) in [6.07, 6.45) is 5.09. The van der Waals surface area contributed by atoms with Crippen LogP contribution in [0, 0.1) is 0 Å². The number of nitrogens with zero attached hydrogens (tertiary/aromatic N) is 2. The van der Waals surface area contributed by atoms with E-state index in [9.17, 15) is 0 Å². The molecule has 0 atom stereocenters. The van der Waals surface area contributed by atoms with Gasteiger partial charge in [0.15, 0.2) is 0 Å². The molecule has 0 spiro atoms. The number of hydrogen-bond acceptors (Lipinski definition) is 3. The Kier molecular flexibility index (Phi) is 3.10. The second-order valence-electron chi connectivity index (χ2n) is 5.09. The van der Waals surface area contributed by atoms with Crippen LogP contribution in [0.15, 0.2) is 0 Å². The molecule has 2 N–H and O–H groups in total. The van der Waals surface area contributed by atoms with Gasteiger partial charge in [0.2, 0.25) is 0 Å². The summed E-state index contributed by atoms with van der Waals surface area (Å²) >= 11 is 0. The monoisotopic (exact) mass is 197 g/mol. The van der Waals surface area contributed by atoms with E-state index in [0.717, 1.165) is 12.1 Å². The second-order valence-corrected chi connectivity index (χ2v) is 5.09. The predicted molar refractivity (Wildman–Crippen MR) is 59.3 cm³/mol. The Labute approximate surface area is 87.2 Å². The van der Waals surface area contributed by atoms with Gasteiger partial charge in [-0.3, -0.25) is 0 Å². The van der Waals surface area contributed by atoms with Crippen LogP contribution in [0.2, 0.25) is 0 Å². The van der Waals surface area contributed by atoms with Crippen LogP contribution in [0.1, 0.15) is 25.7 Å². The van der Waals surface area contributed by atoms with Gasteiger partial charge in [-0.25, -0.2) is 0 Å². The summed E-state index contributed by atoms with van der Waals surface area (Å²) in [4.78, 5) is 5.01. The van der Waals surface area contributed by atoms with Gasteiger partial charge in [0.05, 0.1) is 0 Å². The SMILES string of the molecule is CN1CCC(N(C)C2CC(N)C2)CC1. The van der Waals surface area contributed by atoms with Crippen LogP contribution >= 0.6 is 0 Å². The highest BCUT2D eigenvalue weighted by Crippen LogP contribution is 2.27. The van der Waals surface area contributed by atoms with E-state index in [2.05, 4.69) is 23.9 Å². The molecular weight excluding hydrogens is 174 g/mol. The van der Waals surface area contributed by atoms with Crippen molar-refractivity contribution in [2.45, 2.75) is 43.8 Å². The molecule has 0 aromatic heterocycles. The standard InChI is InChI=1S/C11H23N3/c1-13-5-3-10(4-6-13)14(2)11-7-9(12)8-11/h9-11H,3-8,12H2,1-2H3. The lowest BCUT2D eigenvalue weighted by Gasteiger charge is -2.45. The van der Waals surface area contributed by atoms with Crippen LogP contribution in [0.3, 0.4) is 0 Å². The Hall–Kier alpha value is -0.120. The summed E-state index contributed by atoms with van der Waals surface area (Å²) in [5, 5.41) is 0. The van der Waals surface area contributed by atoms with Crippen molar-refractivity contribution in [1.29, 1.82) is 0 Å². The van der Waals surface area contributed by atoms with E-state index >= 15 is 0 Å². The zero-order valence-corrected chi connectivity index (χ0v) is 9.45. The lowest BCUT2D eigenvalue weighted by atomic mass is 9.85. The molecule has 0 amide bonds. The van der Waals surface area contributed by atoms with E-state index < -0.39 is 0 Å². The van der Waals surface area contributed by atoms with E-state index in [1.54, 1.807) is 0 Å². The van der Waals surface area contributed by atoms with Gasteiger partial charge in [-0.2, -0.15) is 0 Å². The molecule has 82 valence electrons. The summed E-state index contributed by atoms with van der Waals surface area (Å²) in [7, 11) is 4.50. The molecule has 14 heavy (non-hydrogen) atoms. The van der Waals surface area contributed by atoms with Crippen LogP contribution < -0.4 is 5.73 Å². The van der Waals surface area contributed by atoms with Gasteiger partial charge in [0, 0.05) is 18.1 Å². The third-order valence-corrected chi connectivity index (χ3v) is 3.99. The fraction of sp³-hybridized carbons (Fsp3) is 1.00. The summed E-state index contributed by atoms with van der Waals surface area (Å²) in [6, 6.07) is 2.07. The molecule has 0 bridgehead atoms. The minimum Gasteiger partial charge on any atom is -0.328 e. The largest absolute Gasteiger partial charge is 0.328 e. The smallest absolute Gasteiger partial charge is 0.0125 e. The topological polar surface area (TPSA) is 32.5 Å². The molecule has 0 aromatic rings. The first kappa shape index (κ1) is 10.4. The highest BCUT2D eigenvalue weighted by Gasteiger charge is 2.33. The van der Waals surface area contributed by atoms with Crippen molar-refractivity contribution < 1.29 is 0 Å². The summed E-state index contributed by atoms with van der Waals surface area (Å²) in [6.45, 7) is 2.52. The van der Waals surface area contributed by atoms with Crippen molar-refractivity contribution in [2.24, 2.45) is 5.73 Å². The van der Waals surface area contributed by atoms with Crippen LogP contribution in [0.5, 0.6) is 0 Å². The first-order chi connectivity index (χ1) is 6.66. The van der Waals surface area contributed by atoms with E-state index in [0.29, 0.717) is 6.04 Å². The van der Waals surface area contributed by atoms with Crippen LogP contribution in [0.25, 0.3) is 0 Å². The van der Waals surface area contributed by atoms with Crippen molar-refractivity contribution in [1.82, 2.24) is 9.80 Å². The lowest BCUT2D eigenvalue weighted by Crippen LogP contribution is -2.54. The maximum Gasteiger partial charge on any atom is 0.0125 e. The molecule has 1 aliphatic heterocycles. The van der Waals surface area contributed by atoms with Gasteiger partial charge in [-0.05, 0) is 52.9 Å². The molecule has 1 aliphatic carbocycles. The number of likely N-dealkylation sites (tertiary alicyclic amines) is 1. The molecule has 3 heteroatoms. The highest BCUT2D eigenvalue weighted by molar-refractivity contribution is 4.91. The van der Waals surface area contributed by atoms with Gasteiger partial charge < -0.3 is 15.5 Å². The Morgan fingerprint density at radius 3 is 2.21 bits per heavy atom. The van der Waals surface area contributed by atoms with Crippen molar-refractivity contribution in [3.8, 4) is 0 Å².